The van der Waals surface area contributed by atoms with Crippen LogP contribution < -0.4 is 0 Å². The van der Waals surface area contributed by atoms with E-state index in [-0.39, 0.29) is 0 Å². The van der Waals surface area contributed by atoms with E-state index in [1.54, 1.807) is 30.0 Å². The predicted octanol–water partition coefficient (Wildman–Crippen LogP) is 4.82. The maximum Gasteiger partial charge on any atom is 0.139 e. The smallest absolute Gasteiger partial charge is 0.139 e. The Bertz CT molecular complexity index is 469. The van der Waals surface area contributed by atoms with E-state index < -0.39 is 0 Å². The zero-order chi connectivity index (χ0) is 15.5. The first-order valence-corrected chi connectivity index (χ1v) is 7.42. The molecule has 0 radical (unpaired) electrons. The Hall–Kier alpha value is -1.74. The summed E-state index contributed by atoms with van der Waals surface area (Å²) in [6.07, 6.45) is 10.1. The lowest BCUT2D eigenvalue weighted by Crippen LogP contribution is -2.27. The molecule has 0 aromatic rings. The molecule has 3 heteroatoms. The molecule has 0 aromatic heterocycles. The van der Waals surface area contributed by atoms with Crippen molar-refractivity contribution in [3.05, 3.63) is 71.3 Å². The monoisotopic (exact) mass is 289 g/mol. The largest absolute Gasteiger partial charge is 0.333 e. The van der Waals surface area contributed by atoms with E-state index in [4.69, 9.17) is 0 Å². The Labute approximate surface area is 126 Å². The number of hydrogen-bond donors (Lipinski definition) is 0. The van der Waals surface area contributed by atoms with Crippen molar-refractivity contribution in [2.75, 3.05) is 6.54 Å². The zero-order valence-electron chi connectivity index (χ0n) is 12.6. The Balaban J connectivity index is 0.00000172. The van der Waals surface area contributed by atoms with Crippen LogP contribution in [0.3, 0.4) is 0 Å². The molecular weight excluding hydrogens is 266 g/mol. The number of aldehydes is 1. The van der Waals surface area contributed by atoms with Gasteiger partial charge in [0.05, 0.1) is 17.9 Å². The van der Waals surface area contributed by atoms with E-state index in [0.29, 0.717) is 6.54 Å². The lowest BCUT2D eigenvalue weighted by Gasteiger charge is -2.33. The van der Waals surface area contributed by atoms with E-state index in [9.17, 15) is 4.79 Å². The Morgan fingerprint density at radius 1 is 1.20 bits per heavy atom. The Kier molecular flexibility index (Phi) is 9.22. The lowest BCUT2D eigenvalue weighted by atomic mass is 10.2. The van der Waals surface area contributed by atoms with E-state index >= 15 is 0 Å². The summed E-state index contributed by atoms with van der Waals surface area (Å²) < 4.78 is 0. The number of nitrogens with zero attached hydrogens (tertiary/aromatic N) is 1. The van der Waals surface area contributed by atoms with Gasteiger partial charge in [-0.2, -0.15) is 0 Å². The van der Waals surface area contributed by atoms with Gasteiger partial charge in [0.2, 0.25) is 0 Å². The maximum absolute atomic E-state index is 10.9. The second-order valence-electron chi connectivity index (χ2n) is 3.48. The molecule has 0 bridgehead atoms. The summed E-state index contributed by atoms with van der Waals surface area (Å²) in [5.41, 5.74) is 1.91. The van der Waals surface area contributed by atoms with Crippen LogP contribution in [0.1, 0.15) is 20.8 Å². The van der Waals surface area contributed by atoms with E-state index in [2.05, 4.69) is 19.7 Å². The number of allylic oxidation sites excluding steroid dienone is 5. The summed E-state index contributed by atoms with van der Waals surface area (Å²) >= 11 is 1.61. The van der Waals surface area contributed by atoms with Crippen LogP contribution in [-0.4, -0.2) is 17.7 Å². The minimum atomic E-state index is 0.299. The molecule has 108 valence electrons. The molecule has 0 aromatic carbocycles. The molecule has 0 saturated carbocycles. The van der Waals surface area contributed by atoms with Crippen LogP contribution in [0.25, 0.3) is 0 Å². The van der Waals surface area contributed by atoms with Crippen molar-refractivity contribution in [2.45, 2.75) is 20.8 Å². The average molecular weight is 289 g/mol. The van der Waals surface area contributed by atoms with Gasteiger partial charge in [0.25, 0.3) is 0 Å². The van der Waals surface area contributed by atoms with Crippen molar-refractivity contribution in [1.82, 2.24) is 4.90 Å². The minimum Gasteiger partial charge on any atom is -0.333 e. The van der Waals surface area contributed by atoms with Crippen LogP contribution in [0, 0.1) is 0 Å². The molecule has 1 aliphatic rings. The van der Waals surface area contributed by atoms with Gasteiger partial charge < -0.3 is 9.69 Å². The maximum atomic E-state index is 10.9. The van der Waals surface area contributed by atoms with Crippen LogP contribution in [0.4, 0.5) is 0 Å². The van der Waals surface area contributed by atoms with Crippen LogP contribution in [0.15, 0.2) is 71.3 Å². The van der Waals surface area contributed by atoms with Crippen LogP contribution >= 0.6 is 11.8 Å². The summed E-state index contributed by atoms with van der Waals surface area (Å²) in [5, 5.41) is 0. The molecule has 0 amide bonds. The van der Waals surface area contributed by atoms with Gasteiger partial charge in [0.15, 0.2) is 0 Å². The first-order valence-electron chi connectivity index (χ1n) is 6.61. The van der Waals surface area contributed by atoms with Crippen LogP contribution in [0.5, 0.6) is 0 Å². The van der Waals surface area contributed by atoms with Crippen molar-refractivity contribution >= 4 is 18.0 Å². The zero-order valence-corrected chi connectivity index (χ0v) is 13.4. The predicted molar refractivity (Wildman–Crippen MR) is 91.2 cm³/mol. The SMILES string of the molecule is C=C/C=C1/SC(C=C)=C(C=C)N(CC=O)/C1=C/C.CC. The standard InChI is InChI=1S/C15H17NOS.C2H6/c1-5-9-15-13(7-3)16(10-11-17)12(6-2)14(8-4)18-15;1-2/h5-9,11H,1-2,4,10H2,3H3;1-2H3/b13-7+,15-9+;. The second kappa shape index (κ2) is 10.1. The van der Waals surface area contributed by atoms with Gasteiger partial charge in [-0.3, -0.25) is 0 Å². The summed E-state index contributed by atoms with van der Waals surface area (Å²) in [6.45, 7) is 17.6. The summed E-state index contributed by atoms with van der Waals surface area (Å²) in [7, 11) is 0. The van der Waals surface area contributed by atoms with Gasteiger partial charge in [0, 0.05) is 9.81 Å². The average Bonchev–Trinajstić information content (AvgIpc) is 2.49. The van der Waals surface area contributed by atoms with E-state index in [1.165, 1.54) is 0 Å². The first-order chi connectivity index (χ1) is 9.73. The molecule has 0 aliphatic carbocycles. The van der Waals surface area contributed by atoms with Gasteiger partial charge in [-0.15, -0.1) is 0 Å². The molecule has 0 atom stereocenters. The third-order valence-corrected chi connectivity index (χ3v) is 3.65. The lowest BCUT2D eigenvalue weighted by molar-refractivity contribution is -0.108. The molecule has 1 aliphatic heterocycles. The normalized spacial score (nSPS) is 18.4. The summed E-state index contributed by atoms with van der Waals surface area (Å²) in [5.74, 6) is 0. The van der Waals surface area contributed by atoms with Crippen molar-refractivity contribution in [1.29, 1.82) is 0 Å². The molecular formula is C17H23NOS. The fourth-order valence-corrected chi connectivity index (χ4v) is 2.89. The Morgan fingerprint density at radius 2 is 1.85 bits per heavy atom. The molecule has 1 heterocycles. The highest BCUT2D eigenvalue weighted by molar-refractivity contribution is 8.07. The van der Waals surface area contributed by atoms with Gasteiger partial charge in [-0.05, 0) is 19.1 Å². The van der Waals surface area contributed by atoms with Crippen molar-refractivity contribution in [3.63, 3.8) is 0 Å². The first kappa shape index (κ1) is 18.3. The number of carbonyl (C=O) groups excluding carboxylic acids is 1. The van der Waals surface area contributed by atoms with Crippen LogP contribution in [0.2, 0.25) is 0 Å². The highest BCUT2D eigenvalue weighted by Gasteiger charge is 2.24. The van der Waals surface area contributed by atoms with E-state index in [0.717, 1.165) is 27.5 Å². The van der Waals surface area contributed by atoms with Gasteiger partial charge in [0.1, 0.15) is 6.29 Å². The number of hydrogen-bond acceptors (Lipinski definition) is 3. The molecule has 0 N–H and O–H groups in total. The van der Waals surface area contributed by atoms with Crippen molar-refractivity contribution < 1.29 is 4.79 Å². The highest BCUT2D eigenvalue weighted by Crippen LogP contribution is 2.42. The van der Waals surface area contributed by atoms with Crippen LogP contribution in [-0.2, 0) is 4.79 Å². The molecule has 0 fully saturated rings. The Morgan fingerprint density at radius 3 is 2.25 bits per heavy atom. The summed E-state index contributed by atoms with van der Waals surface area (Å²) in [4.78, 5) is 14.8. The molecule has 2 nitrogen and oxygen atoms in total. The second-order valence-corrected chi connectivity index (χ2v) is 4.56. The summed E-state index contributed by atoms with van der Waals surface area (Å²) in [6, 6.07) is 0. The van der Waals surface area contributed by atoms with Gasteiger partial charge >= 0.3 is 0 Å². The fourth-order valence-electron chi connectivity index (χ4n) is 1.77. The van der Waals surface area contributed by atoms with E-state index in [1.807, 2.05) is 37.8 Å². The topological polar surface area (TPSA) is 20.3 Å². The highest BCUT2D eigenvalue weighted by atomic mass is 32.2. The van der Waals surface area contributed by atoms with Crippen molar-refractivity contribution in [3.8, 4) is 0 Å². The molecule has 0 saturated heterocycles. The number of rotatable bonds is 5. The molecule has 0 spiro atoms. The quantitative estimate of drug-likeness (QED) is 0.677. The number of thioether (sulfide) groups is 1. The fraction of sp³-hybridized carbons (Fsp3) is 0.235. The molecule has 1 rings (SSSR count). The number of carbonyl (C=O) groups is 1. The van der Waals surface area contributed by atoms with Gasteiger partial charge in [-0.1, -0.05) is 63.6 Å². The minimum absolute atomic E-state index is 0.299. The molecule has 0 unspecified atom stereocenters. The van der Waals surface area contributed by atoms with Gasteiger partial charge in [-0.25, -0.2) is 0 Å². The van der Waals surface area contributed by atoms with Crippen molar-refractivity contribution in [2.24, 2.45) is 0 Å². The third kappa shape index (κ3) is 4.14. The third-order valence-electron chi connectivity index (χ3n) is 2.48. The molecule has 20 heavy (non-hydrogen) atoms.